The third kappa shape index (κ3) is 2.79. The maximum Gasteiger partial charge on any atom is 0.163 e. The van der Waals surface area contributed by atoms with E-state index >= 15 is 0 Å². The molecule has 0 saturated heterocycles. The second-order valence-corrected chi connectivity index (χ2v) is 7.82. The Kier molecular flexibility index (Phi) is 3.68. The van der Waals surface area contributed by atoms with Gasteiger partial charge in [-0.15, -0.1) is 0 Å². The predicted octanol–water partition coefficient (Wildman–Crippen LogP) is 4.32. The van der Waals surface area contributed by atoms with Crippen molar-refractivity contribution < 1.29 is 15.0 Å². The number of anilines is 2. The Morgan fingerprint density at radius 3 is 2.54 bits per heavy atom. The normalized spacial score (nSPS) is 21.2. The average molecular weight is 350 g/mol. The van der Waals surface area contributed by atoms with Crippen molar-refractivity contribution in [2.75, 3.05) is 10.6 Å². The first-order valence-corrected chi connectivity index (χ1v) is 8.75. The average Bonchev–Trinajstić information content (AvgIpc) is 2.72. The number of Topliss-reactive ketones (excluding diaryl/α,β-unsaturated/α-hetero) is 1. The van der Waals surface area contributed by atoms with Gasteiger partial charge < -0.3 is 20.8 Å². The fourth-order valence-electron chi connectivity index (χ4n) is 3.90. The van der Waals surface area contributed by atoms with Crippen LogP contribution in [0.15, 0.2) is 53.7 Å². The van der Waals surface area contributed by atoms with Crippen molar-refractivity contribution in [3.63, 3.8) is 0 Å². The second-order valence-electron chi connectivity index (χ2n) is 7.82. The summed E-state index contributed by atoms with van der Waals surface area (Å²) in [5.74, 6) is 0.150. The standard InChI is InChI=1S/C21H22N2O3/c1-21(2)10-16-19(18(26)11-21)20(13-9-12(24)7-8-17(13)25)23-15-6-4-3-5-14(15)22-16/h3-9,20,22-25H,10-11H2,1-2H3/t20-/m0/s1. The number of ketones is 1. The Morgan fingerprint density at radius 2 is 1.77 bits per heavy atom. The summed E-state index contributed by atoms with van der Waals surface area (Å²) in [4.78, 5) is 13.0. The summed E-state index contributed by atoms with van der Waals surface area (Å²) in [6.45, 7) is 4.17. The van der Waals surface area contributed by atoms with Crippen molar-refractivity contribution in [3.05, 3.63) is 59.3 Å². The third-order valence-electron chi connectivity index (χ3n) is 5.04. The number of aromatic hydroxyl groups is 2. The number of rotatable bonds is 1. The number of benzene rings is 2. The molecular weight excluding hydrogens is 328 g/mol. The topological polar surface area (TPSA) is 81.6 Å². The number of carbonyl (C=O) groups is 1. The van der Waals surface area contributed by atoms with Crippen LogP contribution in [0.5, 0.6) is 11.5 Å². The molecule has 1 heterocycles. The minimum Gasteiger partial charge on any atom is -0.508 e. The van der Waals surface area contributed by atoms with E-state index in [0.29, 0.717) is 17.6 Å². The Labute approximate surface area is 152 Å². The largest absolute Gasteiger partial charge is 0.508 e. The predicted molar refractivity (Wildman–Crippen MR) is 101 cm³/mol. The monoisotopic (exact) mass is 350 g/mol. The first-order valence-electron chi connectivity index (χ1n) is 8.75. The molecule has 2 aromatic carbocycles. The van der Waals surface area contributed by atoms with Crippen molar-refractivity contribution in [3.8, 4) is 11.5 Å². The fraction of sp³-hybridized carbons (Fsp3) is 0.286. The van der Waals surface area contributed by atoms with E-state index in [1.165, 1.54) is 18.2 Å². The lowest BCUT2D eigenvalue weighted by atomic mass is 9.73. The van der Waals surface area contributed by atoms with Crippen molar-refractivity contribution >= 4 is 17.2 Å². The molecule has 5 heteroatoms. The van der Waals surface area contributed by atoms with Crippen LogP contribution < -0.4 is 10.6 Å². The van der Waals surface area contributed by atoms with Gasteiger partial charge in [-0.25, -0.2) is 0 Å². The molecule has 0 bridgehead atoms. The van der Waals surface area contributed by atoms with Crippen LogP contribution in [0.3, 0.4) is 0 Å². The molecule has 0 saturated carbocycles. The molecule has 2 aromatic rings. The Balaban J connectivity index is 1.93. The zero-order valence-corrected chi connectivity index (χ0v) is 14.8. The first-order chi connectivity index (χ1) is 12.3. The van der Waals surface area contributed by atoms with Crippen molar-refractivity contribution in [1.82, 2.24) is 0 Å². The minimum absolute atomic E-state index is 0.0455. The van der Waals surface area contributed by atoms with Crippen LogP contribution >= 0.6 is 0 Å². The quantitative estimate of drug-likeness (QED) is 0.576. The highest BCUT2D eigenvalue weighted by Crippen LogP contribution is 2.47. The molecule has 0 radical (unpaired) electrons. The lowest BCUT2D eigenvalue weighted by Gasteiger charge is -2.34. The van der Waals surface area contributed by atoms with Crippen LogP contribution in [0.25, 0.3) is 0 Å². The van der Waals surface area contributed by atoms with E-state index in [2.05, 4.69) is 24.5 Å². The summed E-state index contributed by atoms with van der Waals surface area (Å²) in [6.07, 6.45) is 1.18. The summed E-state index contributed by atoms with van der Waals surface area (Å²) in [5.41, 5.74) is 3.60. The van der Waals surface area contributed by atoms with Crippen molar-refractivity contribution in [1.29, 1.82) is 0 Å². The summed E-state index contributed by atoms with van der Waals surface area (Å²) < 4.78 is 0. The molecule has 1 aliphatic heterocycles. The third-order valence-corrected chi connectivity index (χ3v) is 5.04. The van der Waals surface area contributed by atoms with Gasteiger partial charge in [0.05, 0.1) is 17.4 Å². The lowest BCUT2D eigenvalue weighted by Crippen LogP contribution is -2.31. The van der Waals surface area contributed by atoms with Gasteiger partial charge in [0.25, 0.3) is 0 Å². The summed E-state index contributed by atoms with van der Waals surface area (Å²) >= 11 is 0. The van der Waals surface area contributed by atoms with Crippen LogP contribution in [0.2, 0.25) is 0 Å². The number of phenols is 2. The zero-order chi connectivity index (χ0) is 18.5. The van der Waals surface area contributed by atoms with Crippen LogP contribution in [-0.4, -0.2) is 16.0 Å². The molecule has 134 valence electrons. The number of hydrogen-bond donors (Lipinski definition) is 4. The molecule has 0 unspecified atom stereocenters. The van der Waals surface area contributed by atoms with E-state index in [9.17, 15) is 15.0 Å². The van der Waals surface area contributed by atoms with Gasteiger partial charge in [0.1, 0.15) is 11.5 Å². The van der Waals surface area contributed by atoms with Crippen LogP contribution in [-0.2, 0) is 4.79 Å². The van der Waals surface area contributed by atoms with E-state index in [0.717, 1.165) is 23.5 Å². The highest BCUT2D eigenvalue weighted by molar-refractivity contribution is 6.01. The van der Waals surface area contributed by atoms with Crippen molar-refractivity contribution in [2.24, 2.45) is 5.41 Å². The maximum atomic E-state index is 13.0. The van der Waals surface area contributed by atoms with Gasteiger partial charge in [-0.05, 0) is 42.2 Å². The second kappa shape index (κ2) is 5.80. The Bertz CT molecular complexity index is 931. The van der Waals surface area contributed by atoms with Gasteiger partial charge in [0.2, 0.25) is 0 Å². The van der Waals surface area contributed by atoms with Gasteiger partial charge in [-0.3, -0.25) is 4.79 Å². The smallest absolute Gasteiger partial charge is 0.163 e. The molecule has 26 heavy (non-hydrogen) atoms. The van der Waals surface area contributed by atoms with Crippen LogP contribution in [0, 0.1) is 5.41 Å². The molecule has 0 aromatic heterocycles. The van der Waals surface area contributed by atoms with Gasteiger partial charge in [0.15, 0.2) is 5.78 Å². The molecule has 1 aliphatic carbocycles. The Morgan fingerprint density at radius 1 is 1.04 bits per heavy atom. The Hall–Kier alpha value is -2.95. The molecule has 4 rings (SSSR count). The highest BCUT2D eigenvalue weighted by atomic mass is 16.3. The van der Waals surface area contributed by atoms with E-state index in [-0.39, 0.29) is 22.7 Å². The number of fused-ring (bicyclic) bond motifs is 1. The number of carbonyl (C=O) groups excluding carboxylic acids is 1. The summed E-state index contributed by atoms with van der Waals surface area (Å²) in [6, 6.07) is 11.6. The van der Waals surface area contributed by atoms with Gasteiger partial charge in [-0.2, -0.15) is 0 Å². The molecular formula is C21H22N2O3. The number of allylic oxidation sites excluding steroid dienone is 1. The summed E-state index contributed by atoms with van der Waals surface area (Å²) in [7, 11) is 0. The molecule has 0 amide bonds. The van der Waals surface area contributed by atoms with E-state index in [1.54, 1.807) is 0 Å². The number of para-hydroxylation sites is 2. The number of phenolic OH excluding ortho intramolecular Hbond substituents is 2. The SMILES string of the molecule is CC1(C)CC(=O)C2=C(C1)Nc1ccccc1N[C@H]2c1cc(O)ccc1O. The fourth-order valence-corrected chi connectivity index (χ4v) is 3.90. The maximum absolute atomic E-state index is 13.0. The molecule has 0 spiro atoms. The lowest BCUT2D eigenvalue weighted by molar-refractivity contribution is -0.118. The van der Waals surface area contributed by atoms with Crippen LogP contribution in [0.4, 0.5) is 11.4 Å². The van der Waals surface area contributed by atoms with Gasteiger partial charge >= 0.3 is 0 Å². The highest BCUT2D eigenvalue weighted by Gasteiger charge is 2.39. The van der Waals surface area contributed by atoms with Crippen molar-refractivity contribution in [2.45, 2.75) is 32.7 Å². The summed E-state index contributed by atoms with van der Waals surface area (Å²) in [5, 5.41) is 27.1. The molecule has 2 aliphatic rings. The molecule has 1 atom stereocenters. The molecule has 5 nitrogen and oxygen atoms in total. The molecule has 4 N–H and O–H groups in total. The van der Waals surface area contributed by atoms with E-state index < -0.39 is 6.04 Å². The van der Waals surface area contributed by atoms with E-state index in [1.807, 2.05) is 24.3 Å². The minimum atomic E-state index is -0.531. The number of hydrogen-bond acceptors (Lipinski definition) is 5. The van der Waals surface area contributed by atoms with E-state index in [4.69, 9.17) is 0 Å². The van der Waals surface area contributed by atoms with Gasteiger partial charge in [-0.1, -0.05) is 26.0 Å². The number of nitrogens with one attached hydrogen (secondary N) is 2. The first kappa shape index (κ1) is 16.5. The van der Waals surface area contributed by atoms with Crippen LogP contribution in [0.1, 0.15) is 38.3 Å². The van der Waals surface area contributed by atoms with Gasteiger partial charge in [0, 0.05) is 23.3 Å². The zero-order valence-electron chi connectivity index (χ0n) is 14.8. The molecule has 0 fully saturated rings.